The second kappa shape index (κ2) is 5.87. The molecule has 0 saturated carbocycles. The Morgan fingerprint density at radius 3 is 1.34 bits per heavy atom. The average Bonchev–Trinajstić information content (AvgIpc) is 3.38. The lowest BCUT2D eigenvalue weighted by Crippen LogP contribution is -2.23. The molecule has 0 unspecified atom stereocenters. The Labute approximate surface area is 176 Å². The van der Waals surface area contributed by atoms with E-state index in [9.17, 15) is 0 Å². The molecule has 4 aromatic carbocycles. The normalized spacial score (nSPS) is 17.0. The van der Waals surface area contributed by atoms with Crippen molar-refractivity contribution < 1.29 is 0 Å². The van der Waals surface area contributed by atoms with Crippen LogP contribution in [0.1, 0.15) is 33.4 Å². The third-order valence-corrected chi connectivity index (χ3v) is 8.51. The van der Waals surface area contributed by atoms with E-state index in [4.69, 9.17) is 0 Å². The van der Waals surface area contributed by atoms with Crippen LogP contribution in [0.5, 0.6) is 0 Å². The molecule has 0 bridgehead atoms. The zero-order valence-corrected chi connectivity index (χ0v) is 17.5. The topological polar surface area (TPSA) is 0 Å². The van der Waals surface area contributed by atoms with Crippen LogP contribution in [-0.2, 0) is 9.49 Å². The predicted octanol–water partition coefficient (Wildman–Crippen LogP) is 7.22. The smallest absolute Gasteiger partial charge is 0.0911 e. The lowest BCUT2D eigenvalue weighted by Gasteiger charge is -2.24. The fraction of sp³-hybridized carbons (Fsp3) is 0.143. The van der Waals surface area contributed by atoms with Crippen LogP contribution in [0.25, 0.3) is 11.1 Å². The third-order valence-electron chi connectivity index (χ3n) is 6.58. The monoisotopic (exact) mass is 390 g/mol. The van der Waals surface area contributed by atoms with Crippen molar-refractivity contribution in [1.29, 1.82) is 0 Å². The van der Waals surface area contributed by atoms with E-state index >= 15 is 0 Å². The van der Waals surface area contributed by atoms with Gasteiger partial charge in [-0.15, -0.1) is 11.8 Å². The number of hydrogen-bond donors (Lipinski definition) is 0. The van der Waals surface area contributed by atoms with Crippen LogP contribution in [0.4, 0.5) is 0 Å². The highest BCUT2D eigenvalue weighted by molar-refractivity contribution is 8.09. The first-order valence-corrected chi connectivity index (χ1v) is 11.0. The van der Waals surface area contributed by atoms with Crippen LogP contribution < -0.4 is 0 Å². The van der Waals surface area contributed by atoms with Crippen LogP contribution in [0.2, 0.25) is 0 Å². The summed E-state index contributed by atoms with van der Waals surface area (Å²) >= 11 is 2.10. The zero-order valence-electron chi connectivity index (χ0n) is 16.6. The van der Waals surface area contributed by atoms with E-state index in [0.29, 0.717) is 0 Å². The lowest BCUT2D eigenvalue weighted by molar-refractivity contribution is 0.704. The molecule has 1 saturated heterocycles. The van der Waals surface area contributed by atoms with Gasteiger partial charge < -0.3 is 0 Å². The molecule has 0 amide bonds. The molecule has 1 aliphatic carbocycles. The van der Waals surface area contributed by atoms with Gasteiger partial charge in [0.1, 0.15) is 0 Å². The minimum atomic E-state index is -0.100. The van der Waals surface area contributed by atoms with Crippen molar-refractivity contribution in [3.8, 4) is 11.1 Å². The zero-order chi connectivity index (χ0) is 19.6. The highest BCUT2D eigenvalue weighted by Gasteiger charge is 2.74. The van der Waals surface area contributed by atoms with Crippen LogP contribution in [-0.4, -0.2) is 0 Å². The number of aryl methyl sites for hydroxylation is 2. The molecule has 29 heavy (non-hydrogen) atoms. The summed E-state index contributed by atoms with van der Waals surface area (Å²) in [4.78, 5) is 0. The first-order chi connectivity index (χ1) is 14.2. The summed E-state index contributed by atoms with van der Waals surface area (Å²) in [7, 11) is 0. The van der Waals surface area contributed by atoms with Gasteiger partial charge in [-0.25, -0.2) is 0 Å². The van der Waals surface area contributed by atoms with E-state index in [1.165, 1.54) is 44.5 Å². The Hall–Kier alpha value is -2.77. The van der Waals surface area contributed by atoms with E-state index in [1.807, 2.05) is 0 Å². The molecule has 1 aliphatic heterocycles. The van der Waals surface area contributed by atoms with Crippen molar-refractivity contribution in [2.75, 3.05) is 0 Å². The Kier molecular flexibility index (Phi) is 3.47. The molecule has 140 valence electrons. The van der Waals surface area contributed by atoms with Gasteiger partial charge in [-0.2, -0.15) is 0 Å². The number of fused-ring (bicyclic) bond motifs is 5. The molecule has 0 radical (unpaired) electrons. The van der Waals surface area contributed by atoms with E-state index in [2.05, 4.69) is 123 Å². The van der Waals surface area contributed by atoms with Gasteiger partial charge in [-0.1, -0.05) is 108 Å². The van der Waals surface area contributed by atoms with Crippen molar-refractivity contribution in [2.24, 2.45) is 0 Å². The summed E-state index contributed by atoms with van der Waals surface area (Å²) < 4.78 is -0.165. The second-order valence-electron chi connectivity index (χ2n) is 8.29. The van der Waals surface area contributed by atoms with Gasteiger partial charge in [-0.3, -0.25) is 0 Å². The van der Waals surface area contributed by atoms with Gasteiger partial charge in [-0.05, 0) is 47.2 Å². The van der Waals surface area contributed by atoms with Gasteiger partial charge in [0, 0.05) is 0 Å². The van der Waals surface area contributed by atoms with E-state index in [1.54, 1.807) is 0 Å². The lowest BCUT2D eigenvalue weighted by atomic mass is 9.75. The highest BCUT2D eigenvalue weighted by Crippen LogP contribution is 2.84. The minimum absolute atomic E-state index is 0.0648. The molecule has 0 atom stereocenters. The molecule has 0 aromatic heterocycles. The van der Waals surface area contributed by atoms with E-state index in [-0.39, 0.29) is 9.49 Å². The van der Waals surface area contributed by atoms with E-state index < -0.39 is 0 Å². The summed E-state index contributed by atoms with van der Waals surface area (Å²) in [5.41, 5.74) is 11.1. The molecule has 4 aromatic rings. The molecule has 1 spiro atoms. The first kappa shape index (κ1) is 17.1. The fourth-order valence-electron chi connectivity index (χ4n) is 5.16. The molecule has 1 fully saturated rings. The summed E-state index contributed by atoms with van der Waals surface area (Å²) in [6, 6.07) is 36.3. The third kappa shape index (κ3) is 2.12. The van der Waals surface area contributed by atoms with E-state index in [0.717, 1.165) is 0 Å². The Morgan fingerprint density at radius 1 is 0.483 bits per heavy atom. The van der Waals surface area contributed by atoms with Crippen LogP contribution in [0.3, 0.4) is 0 Å². The maximum absolute atomic E-state index is 2.34. The summed E-state index contributed by atoms with van der Waals surface area (Å²) in [5.74, 6) is 0. The van der Waals surface area contributed by atoms with Crippen LogP contribution >= 0.6 is 11.8 Å². The number of benzene rings is 4. The molecule has 0 N–H and O–H groups in total. The largest absolute Gasteiger partial charge is 0.124 e. The quantitative estimate of drug-likeness (QED) is 0.326. The Balaban J connectivity index is 1.68. The minimum Gasteiger partial charge on any atom is -0.124 e. The number of thioether (sulfide) groups is 1. The molecular formula is C28H22S. The second-order valence-corrected chi connectivity index (χ2v) is 9.72. The average molecular weight is 391 g/mol. The molecule has 6 rings (SSSR count). The molecule has 1 heteroatoms. The van der Waals surface area contributed by atoms with Crippen molar-refractivity contribution in [2.45, 2.75) is 23.3 Å². The maximum atomic E-state index is 2.34. The maximum Gasteiger partial charge on any atom is 0.0911 e. The fourth-order valence-corrected chi connectivity index (χ4v) is 7.10. The summed E-state index contributed by atoms with van der Waals surface area (Å²) in [6.45, 7) is 4.33. The molecule has 1 heterocycles. The van der Waals surface area contributed by atoms with Gasteiger partial charge in [0.15, 0.2) is 0 Å². The summed E-state index contributed by atoms with van der Waals surface area (Å²) in [5, 5.41) is 0. The SMILES string of the molecule is Cc1ccc(C2(c3ccc(C)cc3)SC23c2ccccc2-c2ccccc23)cc1. The van der Waals surface area contributed by atoms with Crippen LogP contribution in [0.15, 0.2) is 97.1 Å². The van der Waals surface area contributed by atoms with Gasteiger partial charge >= 0.3 is 0 Å². The number of hydrogen-bond acceptors (Lipinski definition) is 1. The standard InChI is InChI=1S/C28H22S/c1-19-11-15-21(16-12-19)27(22-17-13-20(2)14-18-22)28(29-27)25-9-5-3-7-23(25)24-8-4-6-10-26(24)28/h3-18H,1-2H3. The van der Waals surface area contributed by atoms with Crippen LogP contribution in [0, 0.1) is 13.8 Å². The first-order valence-electron chi connectivity index (χ1n) is 10.2. The van der Waals surface area contributed by atoms with Gasteiger partial charge in [0.25, 0.3) is 0 Å². The molecular weight excluding hydrogens is 368 g/mol. The van der Waals surface area contributed by atoms with Crippen molar-refractivity contribution >= 4 is 11.8 Å². The molecule has 0 nitrogen and oxygen atoms in total. The van der Waals surface area contributed by atoms with Crippen molar-refractivity contribution in [3.63, 3.8) is 0 Å². The van der Waals surface area contributed by atoms with Crippen molar-refractivity contribution in [1.82, 2.24) is 0 Å². The highest BCUT2D eigenvalue weighted by atomic mass is 32.2. The van der Waals surface area contributed by atoms with Crippen molar-refractivity contribution in [3.05, 3.63) is 130 Å². The Bertz CT molecular complexity index is 1140. The van der Waals surface area contributed by atoms with Gasteiger partial charge in [0.2, 0.25) is 0 Å². The summed E-state index contributed by atoms with van der Waals surface area (Å²) in [6.07, 6.45) is 0. The Morgan fingerprint density at radius 2 is 0.897 bits per heavy atom. The number of rotatable bonds is 2. The predicted molar refractivity (Wildman–Crippen MR) is 123 cm³/mol. The van der Waals surface area contributed by atoms with Gasteiger partial charge in [0.05, 0.1) is 9.49 Å². The molecule has 2 aliphatic rings.